The molecule has 0 radical (unpaired) electrons. The van der Waals surface area contributed by atoms with Crippen molar-refractivity contribution in [2.45, 2.75) is 32.0 Å². The summed E-state index contributed by atoms with van der Waals surface area (Å²) in [5.41, 5.74) is 0.294. The van der Waals surface area contributed by atoms with Gasteiger partial charge >= 0.3 is 5.97 Å². The van der Waals surface area contributed by atoms with Gasteiger partial charge in [-0.05, 0) is 38.6 Å². The first-order chi connectivity index (χ1) is 12.5. The Morgan fingerprint density at radius 3 is 1.92 bits per heavy atom. The van der Waals surface area contributed by atoms with Crippen LogP contribution in [0.4, 0.5) is 0 Å². The summed E-state index contributed by atoms with van der Waals surface area (Å²) in [6.07, 6.45) is 0.566. The van der Waals surface area contributed by atoms with Gasteiger partial charge in [-0.3, -0.25) is 0 Å². The topological polar surface area (TPSA) is 38.8 Å². The molecule has 26 heavy (non-hydrogen) atoms. The van der Waals surface area contributed by atoms with Crippen LogP contribution in [0.15, 0.2) is 60.7 Å². The molecule has 140 valence electrons. The Morgan fingerprint density at radius 2 is 1.50 bits per heavy atom. The Balaban J connectivity index is 2.50. The van der Waals surface area contributed by atoms with Gasteiger partial charge in [0.1, 0.15) is 6.10 Å². The highest BCUT2D eigenvalue weighted by atomic mass is 16.6. The van der Waals surface area contributed by atoms with Crippen molar-refractivity contribution in [3.8, 4) is 0 Å². The Kier molecular flexibility index (Phi) is 7.37. The van der Waals surface area contributed by atoms with Crippen molar-refractivity contribution in [3.63, 3.8) is 0 Å². The zero-order valence-corrected chi connectivity index (χ0v) is 16.1. The molecule has 0 saturated carbocycles. The SMILES string of the molecule is CCCOC(C(=O)OC(C)CN(C)C)(c1ccccc1)c1ccccc1. The minimum absolute atomic E-state index is 0.241. The number of carbonyl (C=O) groups excluding carboxylic acids is 1. The van der Waals surface area contributed by atoms with Gasteiger partial charge in [0.15, 0.2) is 0 Å². The van der Waals surface area contributed by atoms with Crippen LogP contribution in [0.2, 0.25) is 0 Å². The number of rotatable bonds is 9. The van der Waals surface area contributed by atoms with E-state index in [1.165, 1.54) is 0 Å². The molecule has 0 amide bonds. The molecule has 0 N–H and O–H groups in total. The second-order valence-corrected chi connectivity index (χ2v) is 6.74. The van der Waals surface area contributed by atoms with Crippen molar-refractivity contribution in [2.24, 2.45) is 0 Å². The molecule has 0 saturated heterocycles. The highest BCUT2D eigenvalue weighted by molar-refractivity contribution is 5.86. The number of ether oxygens (including phenoxy) is 2. The third kappa shape index (κ3) is 4.71. The lowest BCUT2D eigenvalue weighted by Crippen LogP contribution is -2.44. The van der Waals surface area contributed by atoms with Gasteiger partial charge in [-0.25, -0.2) is 4.79 Å². The fourth-order valence-electron chi connectivity index (χ4n) is 3.05. The van der Waals surface area contributed by atoms with E-state index in [2.05, 4.69) is 0 Å². The molecule has 0 spiro atoms. The molecular weight excluding hydrogens is 326 g/mol. The van der Waals surface area contributed by atoms with E-state index in [-0.39, 0.29) is 12.1 Å². The zero-order chi connectivity index (χ0) is 19.0. The number of hydrogen-bond acceptors (Lipinski definition) is 4. The fraction of sp³-hybridized carbons (Fsp3) is 0.409. The van der Waals surface area contributed by atoms with Crippen LogP contribution >= 0.6 is 0 Å². The number of benzene rings is 2. The maximum atomic E-state index is 13.4. The van der Waals surface area contributed by atoms with E-state index in [1.54, 1.807) is 0 Å². The Hall–Kier alpha value is -2.17. The highest BCUT2D eigenvalue weighted by Gasteiger charge is 2.45. The predicted molar refractivity (Wildman–Crippen MR) is 104 cm³/mol. The summed E-state index contributed by atoms with van der Waals surface area (Å²) in [7, 11) is 3.92. The van der Waals surface area contributed by atoms with Crippen molar-refractivity contribution in [1.29, 1.82) is 0 Å². The normalized spacial score (nSPS) is 12.8. The molecule has 2 rings (SSSR count). The van der Waals surface area contributed by atoms with Crippen LogP contribution in [-0.4, -0.2) is 44.2 Å². The third-order valence-electron chi connectivity index (χ3n) is 4.10. The maximum absolute atomic E-state index is 13.4. The molecule has 0 heterocycles. The Labute approximate surface area is 156 Å². The standard InChI is InChI=1S/C22H29NO3/c1-5-16-25-22(19-12-8-6-9-13-19,20-14-10-7-11-15-20)21(24)26-18(2)17-23(3)4/h6-15,18H,5,16-17H2,1-4H3. The van der Waals surface area contributed by atoms with Gasteiger partial charge in [-0.1, -0.05) is 67.6 Å². The average molecular weight is 355 g/mol. The van der Waals surface area contributed by atoms with Crippen molar-refractivity contribution in [2.75, 3.05) is 27.2 Å². The van der Waals surface area contributed by atoms with Gasteiger partial charge in [-0.2, -0.15) is 0 Å². The lowest BCUT2D eigenvalue weighted by molar-refractivity contribution is -0.174. The predicted octanol–water partition coefficient (Wildman–Crippen LogP) is 3.85. The van der Waals surface area contributed by atoms with Crippen LogP contribution in [0, 0.1) is 0 Å². The zero-order valence-electron chi connectivity index (χ0n) is 16.1. The second kappa shape index (κ2) is 9.51. The fourth-order valence-corrected chi connectivity index (χ4v) is 3.05. The van der Waals surface area contributed by atoms with E-state index >= 15 is 0 Å². The Bertz CT molecular complexity index is 631. The van der Waals surface area contributed by atoms with E-state index in [1.807, 2.05) is 93.5 Å². The summed E-state index contributed by atoms with van der Waals surface area (Å²) in [5.74, 6) is -0.377. The smallest absolute Gasteiger partial charge is 0.348 e. The molecule has 1 atom stereocenters. The quantitative estimate of drug-likeness (QED) is 0.641. The molecule has 0 fully saturated rings. The summed E-state index contributed by atoms with van der Waals surface area (Å²) < 4.78 is 12.1. The lowest BCUT2D eigenvalue weighted by Gasteiger charge is -2.34. The summed E-state index contributed by atoms with van der Waals surface area (Å²) in [4.78, 5) is 15.4. The number of esters is 1. The minimum atomic E-state index is -1.26. The van der Waals surface area contributed by atoms with Gasteiger partial charge in [0.25, 0.3) is 0 Å². The summed E-state index contributed by atoms with van der Waals surface area (Å²) >= 11 is 0. The van der Waals surface area contributed by atoms with Gasteiger partial charge in [-0.15, -0.1) is 0 Å². The van der Waals surface area contributed by atoms with E-state index in [9.17, 15) is 4.79 Å². The van der Waals surface area contributed by atoms with Crippen LogP contribution < -0.4 is 0 Å². The molecule has 4 heteroatoms. The number of nitrogens with zero attached hydrogens (tertiary/aromatic N) is 1. The molecule has 0 aromatic heterocycles. The molecule has 2 aromatic carbocycles. The first kappa shape index (κ1) is 20.1. The van der Waals surface area contributed by atoms with E-state index in [4.69, 9.17) is 9.47 Å². The van der Waals surface area contributed by atoms with E-state index in [0.29, 0.717) is 13.2 Å². The molecule has 0 aliphatic rings. The third-order valence-corrected chi connectivity index (χ3v) is 4.10. The minimum Gasteiger partial charge on any atom is -0.459 e. The first-order valence-electron chi connectivity index (χ1n) is 9.11. The van der Waals surface area contributed by atoms with Crippen molar-refractivity contribution < 1.29 is 14.3 Å². The molecular formula is C22H29NO3. The van der Waals surface area contributed by atoms with Gasteiger partial charge in [0, 0.05) is 13.2 Å². The number of hydrogen-bond donors (Lipinski definition) is 0. The number of likely N-dealkylation sites (N-methyl/N-ethyl adjacent to an activating group) is 1. The molecule has 0 aliphatic heterocycles. The van der Waals surface area contributed by atoms with Crippen molar-refractivity contribution in [3.05, 3.63) is 71.8 Å². The maximum Gasteiger partial charge on any atom is 0.348 e. The van der Waals surface area contributed by atoms with Crippen LogP contribution in [0.25, 0.3) is 0 Å². The van der Waals surface area contributed by atoms with E-state index < -0.39 is 5.60 Å². The summed E-state index contributed by atoms with van der Waals surface area (Å²) in [6.45, 7) is 5.04. The Morgan fingerprint density at radius 1 is 1.00 bits per heavy atom. The molecule has 0 bridgehead atoms. The average Bonchev–Trinajstić information content (AvgIpc) is 2.63. The molecule has 4 nitrogen and oxygen atoms in total. The second-order valence-electron chi connectivity index (χ2n) is 6.74. The van der Waals surface area contributed by atoms with Gasteiger partial charge in [0.05, 0.1) is 0 Å². The monoisotopic (exact) mass is 355 g/mol. The van der Waals surface area contributed by atoms with E-state index in [0.717, 1.165) is 17.5 Å². The summed E-state index contributed by atoms with van der Waals surface area (Å²) in [6, 6.07) is 19.2. The lowest BCUT2D eigenvalue weighted by atomic mass is 9.86. The van der Waals surface area contributed by atoms with Gasteiger partial charge < -0.3 is 14.4 Å². The van der Waals surface area contributed by atoms with Crippen LogP contribution in [0.1, 0.15) is 31.4 Å². The number of carbonyl (C=O) groups is 1. The molecule has 2 aromatic rings. The van der Waals surface area contributed by atoms with Crippen LogP contribution in [0.3, 0.4) is 0 Å². The summed E-state index contributed by atoms with van der Waals surface area (Å²) in [5, 5.41) is 0. The van der Waals surface area contributed by atoms with Crippen LogP contribution in [-0.2, 0) is 19.9 Å². The van der Waals surface area contributed by atoms with Gasteiger partial charge in [0.2, 0.25) is 5.60 Å². The van der Waals surface area contributed by atoms with Crippen molar-refractivity contribution in [1.82, 2.24) is 4.90 Å². The van der Waals surface area contributed by atoms with Crippen molar-refractivity contribution >= 4 is 5.97 Å². The largest absolute Gasteiger partial charge is 0.459 e. The first-order valence-corrected chi connectivity index (χ1v) is 9.11. The molecule has 1 unspecified atom stereocenters. The van der Waals surface area contributed by atoms with Crippen LogP contribution in [0.5, 0.6) is 0 Å². The molecule has 0 aliphatic carbocycles. The highest BCUT2D eigenvalue weighted by Crippen LogP contribution is 2.36.